The molecule has 1 aromatic heterocycles. The smallest absolute Gasteiger partial charge is 0.264 e. The normalized spacial score (nSPS) is 19.1. The van der Waals surface area contributed by atoms with E-state index in [1.54, 1.807) is 0 Å². The molecule has 0 spiro atoms. The minimum absolute atomic E-state index is 0.0153. The molecule has 1 amide bonds. The molecule has 88 valence electrons. The number of hydrogen-bond donors (Lipinski definition) is 0. The summed E-state index contributed by atoms with van der Waals surface area (Å²) in [6, 6.07) is 1.98. The number of thiophene rings is 1. The van der Waals surface area contributed by atoms with E-state index in [-0.39, 0.29) is 11.4 Å². The van der Waals surface area contributed by atoms with Crippen molar-refractivity contribution in [3.63, 3.8) is 0 Å². The minimum atomic E-state index is 0.0153. The lowest BCUT2D eigenvalue weighted by atomic mass is 10.0. The first-order valence-corrected chi connectivity index (χ1v) is 7.11. The van der Waals surface area contributed by atoms with Crippen molar-refractivity contribution >= 4 is 33.2 Å². The van der Waals surface area contributed by atoms with Gasteiger partial charge in [0.1, 0.15) is 0 Å². The largest absolute Gasteiger partial charge is 0.333 e. The number of rotatable bonds is 1. The Balaban J connectivity index is 2.25. The fraction of sp³-hybridized carbons (Fsp3) is 0.583. The highest BCUT2D eigenvalue weighted by atomic mass is 79.9. The molecule has 0 unspecified atom stereocenters. The zero-order valence-electron chi connectivity index (χ0n) is 9.84. The Kier molecular flexibility index (Phi) is 3.14. The lowest BCUT2D eigenvalue weighted by Crippen LogP contribution is -2.42. The molecule has 16 heavy (non-hydrogen) atoms. The van der Waals surface area contributed by atoms with Crippen LogP contribution in [-0.4, -0.2) is 22.9 Å². The fourth-order valence-corrected chi connectivity index (χ4v) is 3.67. The lowest BCUT2D eigenvalue weighted by Gasteiger charge is -2.31. The molecule has 1 saturated heterocycles. The van der Waals surface area contributed by atoms with Crippen LogP contribution in [0.4, 0.5) is 0 Å². The fourth-order valence-electron chi connectivity index (χ4n) is 2.18. The Morgan fingerprint density at radius 2 is 2.25 bits per heavy atom. The van der Waals surface area contributed by atoms with Gasteiger partial charge < -0.3 is 4.90 Å². The van der Waals surface area contributed by atoms with Gasteiger partial charge >= 0.3 is 0 Å². The van der Waals surface area contributed by atoms with Gasteiger partial charge in [-0.15, -0.1) is 11.3 Å². The van der Waals surface area contributed by atoms with E-state index >= 15 is 0 Å². The molecule has 1 aliphatic rings. The van der Waals surface area contributed by atoms with Crippen LogP contribution in [0.25, 0.3) is 0 Å². The molecular formula is C12H16BrNOS. The maximum atomic E-state index is 12.3. The van der Waals surface area contributed by atoms with E-state index < -0.39 is 0 Å². The summed E-state index contributed by atoms with van der Waals surface area (Å²) in [7, 11) is 0. The van der Waals surface area contributed by atoms with E-state index in [9.17, 15) is 4.79 Å². The summed E-state index contributed by atoms with van der Waals surface area (Å²) < 4.78 is 1.06. The van der Waals surface area contributed by atoms with Crippen molar-refractivity contribution in [3.05, 3.63) is 20.3 Å². The molecule has 0 atom stereocenters. The average Bonchev–Trinajstić information content (AvgIpc) is 2.70. The van der Waals surface area contributed by atoms with Crippen LogP contribution in [0, 0.1) is 6.92 Å². The highest BCUT2D eigenvalue weighted by Gasteiger charge is 2.36. The number of carbonyl (C=O) groups is 1. The minimum Gasteiger partial charge on any atom is -0.333 e. The van der Waals surface area contributed by atoms with Gasteiger partial charge in [0.05, 0.1) is 8.66 Å². The number of halogens is 1. The first kappa shape index (κ1) is 12.1. The molecule has 0 bridgehead atoms. The molecule has 0 saturated carbocycles. The molecule has 1 aromatic rings. The predicted molar refractivity (Wildman–Crippen MR) is 71.1 cm³/mol. The molecule has 2 heterocycles. The summed E-state index contributed by atoms with van der Waals surface area (Å²) in [5.41, 5.74) is 1.16. The zero-order valence-corrected chi connectivity index (χ0v) is 12.2. The number of amides is 1. The van der Waals surface area contributed by atoms with Crippen LogP contribution >= 0.6 is 27.3 Å². The highest BCUT2D eigenvalue weighted by molar-refractivity contribution is 9.11. The van der Waals surface area contributed by atoms with E-state index in [0.29, 0.717) is 0 Å². The van der Waals surface area contributed by atoms with Gasteiger partial charge in [0.15, 0.2) is 0 Å². The summed E-state index contributed by atoms with van der Waals surface area (Å²) in [5.74, 6) is 0.182. The molecule has 1 aliphatic heterocycles. The Bertz CT molecular complexity index is 405. The first-order valence-electron chi connectivity index (χ1n) is 5.50. The van der Waals surface area contributed by atoms with Gasteiger partial charge in [-0.3, -0.25) is 4.79 Å². The Morgan fingerprint density at radius 3 is 2.69 bits per heavy atom. The van der Waals surface area contributed by atoms with Crippen molar-refractivity contribution in [1.29, 1.82) is 0 Å². The molecule has 2 nitrogen and oxygen atoms in total. The zero-order chi connectivity index (χ0) is 11.9. The third kappa shape index (κ3) is 2.05. The van der Waals surface area contributed by atoms with Gasteiger partial charge in [0.2, 0.25) is 0 Å². The van der Waals surface area contributed by atoms with Crippen molar-refractivity contribution in [1.82, 2.24) is 4.90 Å². The number of nitrogens with zero attached hydrogens (tertiary/aromatic N) is 1. The molecule has 0 N–H and O–H groups in total. The Labute approximate surface area is 109 Å². The highest BCUT2D eigenvalue weighted by Crippen LogP contribution is 2.33. The van der Waals surface area contributed by atoms with Crippen molar-refractivity contribution < 1.29 is 4.79 Å². The summed E-state index contributed by atoms with van der Waals surface area (Å²) in [4.78, 5) is 15.2. The van der Waals surface area contributed by atoms with Gasteiger partial charge in [-0.25, -0.2) is 0 Å². The Hall–Kier alpha value is -0.350. The van der Waals surface area contributed by atoms with E-state index in [0.717, 1.165) is 33.6 Å². The van der Waals surface area contributed by atoms with Crippen LogP contribution in [0.2, 0.25) is 0 Å². The van der Waals surface area contributed by atoms with Gasteiger partial charge in [0, 0.05) is 12.1 Å². The first-order chi connectivity index (χ1) is 7.42. The van der Waals surface area contributed by atoms with Crippen LogP contribution in [0.3, 0.4) is 0 Å². The summed E-state index contributed by atoms with van der Waals surface area (Å²) >= 11 is 5.00. The maximum Gasteiger partial charge on any atom is 0.264 e. The third-order valence-corrected chi connectivity index (χ3v) is 5.34. The Morgan fingerprint density at radius 1 is 1.56 bits per heavy atom. The standard InChI is InChI=1S/C12H16BrNOS/c1-8-7-9(16-10(8)13)11(15)14-6-4-5-12(14,2)3/h7H,4-6H2,1-3H3. The van der Waals surface area contributed by atoms with Crippen molar-refractivity contribution in [2.24, 2.45) is 0 Å². The topological polar surface area (TPSA) is 20.3 Å². The average molecular weight is 302 g/mol. The molecule has 1 fully saturated rings. The van der Waals surface area contributed by atoms with E-state index in [2.05, 4.69) is 29.8 Å². The lowest BCUT2D eigenvalue weighted by molar-refractivity contribution is 0.0657. The number of hydrogen-bond acceptors (Lipinski definition) is 2. The molecule has 0 radical (unpaired) electrons. The van der Waals surface area contributed by atoms with Gasteiger partial charge in [-0.2, -0.15) is 0 Å². The second-order valence-electron chi connectivity index (χ2n) is 4.94. The summed E-state index contributed by atoms with van der Waals surface area (Å²) in [6.07, 6.45) is 2.22. The predicted octanol–water partition coefficient (Wildman–Crippen LogP) is 3.83. The van der Waals surface area contributed by atoms with E-state index in [1.807, 2.05) is 17.9 Å². The van der Waals surface area contributed by atoms with Gasteiger partial charge in [0.25, 0.3) is 5.91 Å². The van der Waals surface area contributed by atoms with E-state index in [4.69, 9.17) is 0 Å². The molecule has 0 aromatic carbocycles. The number of aryl methyl sites for hydroxylation is 1. The second-order valence-corrected chi connectivity index (χ2v) is 7.31. The SMILES string of the molecule is Cc1cc(C(=O)N2CCCC2(C)C)sc1Br. The summed E-state index contributed by atoms with van der Waals surface area (Å²) in [6.45, 7) is 7.20. The quantitative estimate of drug-likeness (QED) is 0.772. The van der Waals surface area contributed by atoms with Crippen LogP contribution in [0.5, 0.6) is 0 Å². The monoisotopic (exact) mass is 301 g/mol. The van der Waals surface area contributed by atoms with Crippen molar-refractivity contribution in [2.45, 2.75) is 39.2 Å². The number of carbonyl (C=O) groups excluding carboxylic acids is 1. The van der Waals surface area contributed by atoms with Crippen molar-refractivity contribution in [3.8, 4) is 0 Å². The van der Waals surface area contributed by atoms with Crippen LogP contribution in [0.1, 0.15) is 41.9 Å². The van der Waals surface area contributed by atoms with Gasteiger partial charge in [-0.05, 0) is 61.2 Å². The maximum absolute atomic E-state index is 12.3. The van der Waals surface area contributed by atoms with Gasteiger partial charge in [-0.1, -0.05) is 0 Å². The molecular weight excluding hydrogens is 286 g/mol. The third-order valence-electron chi connectivity index (χ3n) is 3.21. The van der Waals surface area contributed by atoms with Crippen molar-refractivity contribution in [2.75, 3.05) is 6.54 Å². The summed E-state index contributed by atoms with van der Waals surface area (Å²) in [5, 5.41) is 0. The van der Waals surface area contributed by atoms with Crippen LogP contribution < -0.4 is 0 Å². The van der Waals surface area contributed by atoms with Crippen LogP contribution in [0.15, 0.2) is 9.85 Å². The molecule has 2 rings (SSSR count). The van der Waals surface area contributed by atoms with E-state index in [1.165, 1.54) is 11.3 Å². The van der Waals surface area contributed by atoms with Crippen LogP contribution in [-0.2, 0) is 0 Å². The number of likely N-dealkylation sites (tertiary alicyclic amines) is 1. The second kappa shape index (κ2) is 4.15. The molecule has 0 aliphatic carbocycles. The molecule has 4 heteroatoms.